The van der Waals surface area contributed by atoms with Crippen LogP contribution in [0.15, 0.2) is 29.2 Å². The first-order valence-corrected chi connectivity index (χ1v) is 8.71. The van der Waals surface area contributed by atoms with Gasteiger partial charge in [-0.3, -0.25) is 9.69 Å². The minimum Gasteiger partial charge on any atom is -0.369 e. The number of carbonyl (C=O) groups is 1. The molecule has 4 nitrogen and oxygen atoms in total. The molecule has 1 aromatic carbocycles. The third-order valence-electron chi connectivity index (χ3n) is 4.07. The second-order valence-corrected chi connectivity index (χ2v) is 6.56. The summed E-state index contributed by atoms with van der Waals surface area (Å²) in [7, 11) is 0. The molecule has 1 unspecified atom stereocenters. The normalized spacial score (nSPS) is 18.6. The number of carbonyl (C=O) groups excluding carboxylic acids is 1. The van der Waals surface area contributed by atoms with Gasteiger partial charge < -0.3 is 11.1 Å². The Kier molecular flexibility index (Phi) is 6.08. The highest BCUT2D eigenvalue weighted by atomic mass is 32.2. The summed E-state index contributed by atoms with van der Waals surface area (Å²) in [5, 5.41) is 3.70. The molecule has 0 aromatic heterocycles. The Morgan fingerprint density at radius 2 is 2.00 bits per heavy atom. The number of nitrogens with one attached hydrogen (secondary N) is 1. The number of hydrogen-bond donors (Lipinski definition) is 2. The van der Waals surface area contributed by atoms with Crippen LogP contribution in [0.25, 0.3) is 0 Å². The zero-order chi connectivity index (χ0) is 15.2. The van der Waals surface area contributed by atoms with Crippen molar-refractivity contribution < 1.29 is 4.79 Å². The minimum atomic E-state index is -0.233. The standard InChI is InChI=1S/C16H25N3OS/c1-12(13-3-5-15(21-2)6-4-13)18-14-7-9-19(10-8-14)11-16(17)20/h3-6,12,14,18H,7-11H2,1-2H3,(H2,17,20). The van der Waals surface area contributed by atoms with E-state index < -0.39 is 0 Å². The zero-order valence-corrected chi connectivity index (χ0v) is 13.7. The average molecular weight is 307 g/mol. The van der Waals surface area contributed by atoms with Crippen molar-refractivity contribution in [3.05, 3.63) is 29.8 Å². The lowest BCUT2D eigenvalue weighted by atomic mass is 10.0. The van der Waals surface area contributed by atoms with Crippen molar-refractivity contribution in [2.75, 3.05) is 25.9 Å². The van der Waals surface area contributed by atoms with Gasteiger partial charge in [-0.05, 0) is 43.7 Å². The molecule has 1 aliphatic heterocycles. The fraction of sp³-hybridized carbons (Fsp3) is 0.562. The third kappa shape index (κ3) is 5.02. The number of rotatable bonds is 6. The summed E-state index contributed by atoms with van der Waals surface area (Å²) in [6, 6.07) is 9.62. The van der Waals surface area contributed by atoms with Crippen molar-refractivity contribution in [3.8, 4) is 0 Å². The molecule has 1 saturated heterocycles. The molecule has 0 aliphatic carbocycles. The number of likely N-dealkylation sites (tertiary alicyclic amines) is 1. The zero-order valence-electron chi connectivity index (χ0n) is 12.8. The van der Waals surface area contributed by atoms with Crippen LogP contribution in [0.5, 0.6) is 0 Å². The SMILES string of the molecule is CSc1ccc(C(C)NC2CCN(CC(N)=O)CC2)cc1. The van der Waals surface area contributed by atoms with Gasteiger partial charge in [-0.1, -0.05) is 12.1 Å². The number of primary amides is 1. The van der Waals surface area contributed by atoms with Gasteiger partial charge in [-0.25, -0.2) is 0 Å². The van der Waals surface area contributed by atoms with Gasteiger partial charge in [0.1, 0.15) is 0 Å². The van der Waals surface area contributed by atoms with Gasteiger partial charge in [0.15, 0.2) is 0 Å². The molecule has 1 aliphatic rings. The highest BCUT2D eigenvalue weighted by Crippen LogP contribution is 2.20. The van der Waals surface area contributed by atoms with Crippen LogP contribution in [-0.2, 0) is 4.79 Å². The lowest BCUT2D eigenvalue weighted by molar-refractivity contribution is -0.119. The lowest BCUT2D eigenvalue weighted by Crippen LogP contribution is -2.45. The molecule has 0 radical (unpaired) electrons. The van der Waals surface area contributed by atoms with Gasteiger partial charge in [0, 0.05) is 30.1 Å². The van der Waals surface area contributed by atoms with Gasteiger partial charge in [0.05, 0.1) is 6.54 Å². The second-order valence-electron chi connectivity index (χ2n) is 5.68. The van der Waals surface area contributed by atoms with Crippen LogP contribution >= 0.6 is 11.8 Å². The predicted molar refractivity (Wildman–Crippen MR) is 88.4 cm³/mol. The summed E-state index contributed by atoms with van der Waals surface area (Å²) in [6.07, 6.45) is 4.23. The summed E-state index contributed by atoms with van der Waals surface area (Å²) < 4.78 is 0. The monoisotopic (exact) mass is 307 g/mol. The van der Waals surface area contributed by atoms with E-state index in [9.17, 15) is 4.79 Å². The smallest absolute Gasteiger partial charge is 0.231 e. The molecule has 1 fully saturated rings. The van der Waals surface area contributed by atoms with E-state index in [2.05, 4.69) is 47.7 Å². The maximum absolute atomic E-state index is 10.9. The van der Waals surface area contributed by atoms with Crippen LogP contribution in [0.1, 0.15) is 31.4 Å². The molecule has 5 heteroatoms. The Morgan fingerprint density at radius 1 is 1.38 bits per heavy atom. The van der Waals surface area contributed by atoms with E-state index in [4.69, 9.17) is 5.73 Å². The number of thioether (sulfide) groups is 1. The molecule has 0 bridgehead atoms. The molecule has 1 heterocycles. The molecular formula is C16H25N3OS. The van der Waals surface area contributed by atoms with Crippen molar-refractivity contribution in [2.24, 2.45) is 5.73 Å². The van der Waals surface area contributed by atoms with Gasteiger partial charge in [0.2, 0.25) is 5.91 Å². The Labute approximate surface area is 131 Å². The summed E-state index contributed by atoms with van der Waals surface area (Å²) in [4.78, 5) is 14.4. The van der Waals surface area contributed by atoms with Gasteiger partial charge in [0.25, 0.3) is 0 Å². The first kappa shape index (κ1) is 16.3. The molecule has 0 spiro atoms. The van der Waals surface area contributed by atoms with E-state index >= 15 is 0 Å². The number of nitrogens with zero attached hydrogens (tertiary/aromatic N) is 1. The summed E-state index contributed by atoms with van der Waals surface area (Å²) >= 11 is 1.77. The number of amides is 1. The molecule has 1 amide bonds. The number of piperidine rings is 1. The van der Waals surface area contributed by atoms with Gasteiger partial charge >= 0.3 is 0 Å². The molecule has 2 rings (SSSR count). The van der Waals surface area contributed by atoms with Gasteiger partial charge in [-0.2, -0.15) is 0 Å². The van der Waals surface area contributed by atoms with Crippen molar-refractivity contribution in [2.45, 2.75) is 36.7 Å². The van der Waals surface area contributed by atoms with Crippen molar-refractivity contribution in [1.82, 2.24) is 10.2 Å². The van der Waals surface area contributed by atoms with Crippen LogP contribution in [-0.4, -0.2) is 42.7 Å². The molecule has 0 saturated carbocycles. The summed E-state index contributed by atoms with van der Waals surface area (Å²) in [5.74, 6) is -0.233. The van der Waals surface area contributed by atoms with E-state index in [-0.39, 0.29) is 5.91 Å². The molecule has 1 atom stereocenters. The first-order valence-electron chi connectivity index (χ1n) is 7.49. The maximum atomic E-state index is 10.9. The quantitative estimate of drug-likeness (QED) is 0.789. The van der Waals surface area contributed by atoms with Crippen molar-refractivity contribution >= 4 is 17.7 Å². The van der Waals surface area contributed by atoms with Crippen LogP contribution in [0, 0.1) is 0 Å². The number of nitrogens with two attached hydrogens (primary N) is 1. The number of benzene rings is 1. The topological polar surface area (TPSA) is 58.4 Å². The van der Waals surface area contributed by atoms with E-state index in [1.165, 1.54) is 10.5 Å². The Bertz CT molecular complexity index is 455. The minimum absolute atomic E-state index is 0.233. The van der Waals surface area contributed by atoms with E-state index in [0.29, 0.717) is 18.6 Å². The molecule has 3 N–H and O–H groups in total. The second kappa shape index (κ2) is 7.82. The highest BCUT2D eigenvalue weighted by Gasteiger charge is 2.21. The molecule has 21 heavy (non-hydrogen) atoms. The largest absolute Gasteiger partial charge is 0.369 e. The van der Waals surface area contributed by atoms with Crippen LogP contribution in [0.4, 0.5) is 0 Å². The fourth-order valence-corrected chi connectivity index (χ4v) is 3.23. The Morgan fingerprint density at radius 3 is 2.52 bits per heavy atom. The van der Waals surface area contributed by atoms with E-state index in [1.54, 1.807) is 11.8 Å². The first-order chi connectivity index (χ1) is 10.1. The van der Waals surface area contributed by atoms with Crippen LogP contribution in [0.2, 0.25) is 0 Å². The van der Waals surface area contributed by atoms with Gasteiger partial charge in [-0.15, -0.1) is 11.8 Å². The van der Waals surface area contributed by atoms with Crippen molar-refractivity contribution in [3.63, 3.8) is 0 Å². The highest BCUT2D eigenvalue weighted by molar-refractivity contribution is 7.98. The van der Waals surface area contributed by atoms with E-state index in [0.717, 1.165) is 25.9 Å². The van der Waals surface area contributed by atoms with E-state index in [1.807, 2.05) is 0 Å². The Balaban J connectivity index is 1.80. The third-order valence-corrected chi connectivity index (χ3v) is 4.81. The number of hydrogen-bond acceptors (Lipinski definition) is 4. The van der Waals surface area contributed by atoms with Crippen LogP contribution < -0.4 is 11.1 Å². The van der Waals surface area contributed by atoms with Crippen molar-refractivity contribution in [1.29, 1.82) is 0 Å². The molecule has 1 aromatic rings. The summed E-state index contributed by atoms with van der Waals surface area (Å²) in [5.41, 5.74) is 6.57. The fourth-order valence-electron chi connectivity index (χ4n) is 2.82. The maximum Gasteiger partial charge on any atom is 0.231 e. The molecular weight excluding hydrogens is 282 g/mol. The predicted octanol–water partition coefficient (Wildman–Crippen LogP) is 2.01. The summed E-state index contributed by atoms with van der Waals surface area (Å²) in [6.45, 7) is 4.49. The van der Waals surface area contributed by atoms with Crippen LogP contribution in [0.3, 0.4) is 0 Å². The Hall–Kier alpha value is -1.04. The average Bonchev–Trinajstić information content (AvgIpc) is 2.49. The molecule has 116 valence electrons. The lowest BCUT2D eigenvalue weighted by Gasteiger charge is -2.33.